The van der Waals surface area contributed by atoms with Gasteiger partial charge in [-0.15, -0.1) is 0 Å². The van der Waals surface area contributed by atoms with Crippen LogP contribution >= 0.6 is 0 Å². The second-order valence-corrected chi connectivity index (χ2v) is 4.83. The van der Waals surface area contributed by atoms with Gasteiger partial charge >= 0.3 is 0 Å². The molecule has 108 valence electrons. The number of carbonyl (C=O) groups is 2. The summed E-state index contributed by atoms with van der Waals surface area (Å²) in [5.41, 5.74) is 8.86. The minimum atomic E-state index is -0.105. The number of hydrogen-bond donors (Lipinski definition) is 2. The lowest BCUT2D eigenvalue weighted by molar-refractivity contribution is -0.115. The van der Waals surface area contributed by atoms with Crippen molar-refractivity contribution in [2.75, 3.05) is 5.32 Å². The minimum absolute atomic E-state index is 0.00440. The van der Waals surface area contributed by atoms with Crippen LogP contribution in [0.25, 0.3) is 0 Å². The maximum atomic E-state index is 12.0. The van der Waals surface area contributed by atoms with Gasteiger partial charge in [-0.3, -0.25) is 9.59 Å². The molecule has 0 saturated heterocycles. The van der Waals surface area contributed by atoms with Crippen LogP contribution in [0.1, 0.15) is 28.4 Å². The van der Waals surface area contributed by atoms with Crippen molar-refractivity contribution in [3.8, 4) is 0 Å². The van der Waals surface area contributed by atoms with Crippen LogP contribution in [0.2, 0.25) is 0 Å². The van der Waals surface area contributed by atoms with Crippen LogP contribution in [-0.2, 0) is 17.8 Å². The Morgan fingerprint density at radius 2 is 1.62 bits per heavy atom. The van der Waals surface area contributed by atoms with Crippen molar-refractivity contribution in [2.24, 2.45) is 5.73 Å². The Morgan fingerprint density at radius 1 is 1.00 bits per heavy atom. The van der Waals surface area contributed by atoms with E-state index >= 15 is 0 Å². The van der Waals surface area contributed by atoms with E-state index in [4.69, 9.17) is 5.73 Å². The van der Waals surface area contributed by atoms with Gasteiger partial charge in [0.1, 0.15) is 0 Å². The fourth-order valence-corrected chi connectivity index (χ4v) is 2.10. The Bertz CT molecular complexity index is 648. The van der Waals surface area contributed by atoms with Gasteiger partial charge in [0, 0.05) is 17.8 Å². The van der Waals surface area contributed by atoms with Gasteiger partial charge in [0.25, 0.3) is 0 Å². The first-order valence-corrected chi connectivity index (χ1v) is 6.78. The van der Waals surface area contributed by atoms with E-state index in [2.05, 4.69) is 5.32 Å². The molecule has 1 amide bonds. The monoisotopic (exact) mass is 282 g/mol. The molecule has 2 rings (SSSR count). The number of anilines is 1. The molecule has 2 aromatic rings. The van der Waals surface area contributed by atoms with Gasteiger partial charge in [-0.05, 0) is 42.3 Å². The summed E-state index contributed by atoms with van der Waals surface area (Å²) in [7, 11) is 0. The van der Waals surface area contributed by atoms with E-state index in [-0.39, 0.29) is 18.1 Å². The van der Waals surface area contributed by atoms with E-state index < -0.39 is 0 Å². The van der Waals surface area contributed by atoms with Gasteiger partial charge in [-0.25, -0.2) is 0 Å². The Morgan fingerprint density at radius 3 is 2.19 bits per heavy atom. The highest BCUT2D eigenvalue weighted by Gasteiger charge is 2.07. The highest BCUT2D eigenvalue weighted by molar-refractivity contribution is 5.96. The fourth-order valence-electron chi connectivity index (χ4n) is 2.10. The summed E-state index contributed by atoms with van der Waals surface area (Å²) < 4.78 is 0. The van der Waals surface area contributed by atoms with Crippen LogP contribution in [0.5, 0.6) is 0 Å². The molecular weight excluding hydrogens is 264 g/mol. The number of carbonyl (C=O) groups excluding carboxylic acids is 2. The van der Waals surface area contributed by atoms with Crippen LogP contribution < -0.4 is 11.1 Å². The highest BCUT2D eigenvalue weighted by atomic mass is 16.1. The predicted molar refractivity (Wildman–Crippen MR) is 83.1 cm³/mol. The van der Waals surface area contributed by atoms with Crippen LogP contribution in [0.15, 0.2) is 48.5 Å². The van der Waals surface area contributed by atoms with Crippen molar-refractivity contribution < 1.29 is 9.59 Å². The summed E-state index contributed by atoms with van der Waals surface area (Å²) in [6, 6.07) is 14.5. The summed E-state index contributed by atoms with van der Waals surface area (Å²) >= 11 is 0. The Kier molecular flexibility index (Phi) is 4.85. The molecule has 0 saturated carbocycles. The summed E-state index contributed by atoms with van der Waals surface area (Å²) in [5.74, 6) is -0.101. The lowest BCUT2D eigenvalue weighted by Crippen LogP contribution is -2.16. The molecule has 4 nitrogen and oxygen atoms in total. The number of benzene rings is 2. The first kappa shape index (κ1) is 14.9. The highest BCUT2D eigenvalue weighted by Crippen LogP contribution is 2.13. The van der Waals surface area contributed by atoms with Crippen molar-refractivity contribution in [1.29, 1.82) is 0 Å². The third-order valence-electron chi connectivity index (χ3n) is 3.26. The zero-order chi connectivity index (χ0) is 15.2. The maximum Gasteiger partial charge on any atom is 0.228 e. The maximum absolute atomic E-state index is 12.0. The van der Waals surface area contributed by atoms with Crippen LogP contribution in [0.3, 0.4) is 0 Å². The van der Waals surface area contributed by atoms with E-state index in [0.717, 1.165) is 11.1 Å². The van der Waals surface area contributed by atoms with Gasteiger partial charge in [0.15, 0.2) is 5.78 Å². The van der Waals surface area contributed by atoms with Crippen LogP contribution in [-0.4, -0.2) is 11.7 Å². The number of ketones is 1. The standard InChI is InChI=1S/C17H18N2O2/c1-12(20)13-6-8-16(9-7-13)19-17(21)10-14-4-2-3-5-15(14)11-18/h2-9H,10-11,18H2,1H3,(H,19,21). The first-order chi connectivity index (χ1) is 10.1. The Balaban J connectivity index is 2.03. The first-order valence-electron chi connectivity index (χ1n) is 6.78. The summed E-state index contributed by atoms with van der Waals surface area (Å²) in [4.78, 5) is 23.2. The molecule has 0 aliphatic carbocycles. The average molecular weight is 282 g/mol. The minimum Gasteiger partial charge on any atom is -0.326 e. The molecule has 0 atom stereocenters. The summed E-state index contributed by atoms with van der Waals surface area (Å²) in [6.07, 6.45) is 0.280. The number of hydrogen-bond acceptors (Lipinski definition) is 3. The van der Waals surface area contributed by atoms with Crippen LogP contribution in [0, 0.1) is 0 Å². The molecule has 0 aliphatic heterocycles. The van der Waals surface area contributed by atoms with Gasteiger partial charge < -0.3 is 11.1 Å². The second-order valence-electron chi connectivity index (χ2n) is 4.83. The molecule has 0 aromatic heterocycles. The number of nitrogens with one attached hydrogen (secondary N) is 1. The molecule has 0 spiro atoms. The molecule has 3 N–H and O–H groups in total. The molecule has 0 aliphatic rings. The van der Waals surface area contributed by atoms with Crippen molar-refractivity contribution in [3.63, 3.8) is 0 Å². The molecule has 0 bridgehead atoms. The molecule has 0 fully saturated rings. The zero-order valence-corrected chi connectivity index (χ0v) is 11.9. The van der Waals surface area contributed by atoms with E-state index in [1.807, 2.05) is 24.3 Å². The van der Waals surface area contributed by atoms with E-state index in [1.165, 1.54) is 6.92 Å². The molecule has 4 heteroatoms. The average Bonchev–Trinajstić information content (AvgIpc) is 2.48. The quantitative estimate of drug-likeness (QED) is 0.828. The number of nitrogens with two attached hydrogens (primary N) is 1. The molecule has 2 aromatic carbocycles. The molecule has 0 heterocycles. The third-order valence-corrected chi connectivity index (χ3v) is 3.26. The smallest absolute Gasteiger partial charge is 0.228 e. The SMILES string of the molecule is CC(=O)c1ccc(NC(=O)Cc2ccccc2CN)cc1. The molecule has 21 heavy (non-hydrogen) atoms. The molecule has 0 unspecified atom stereocenters. The number of rotatable bonds is 5. The predicted octanol–water partition coefficient (Wildman–Crippen LogP) is 2.53. The van der Waals surface area contributed by atoms with Crippen molar-refractivity contribution >= 4 is 17.4 Å². The second kappa shape index (κ2) is 6.81. The fraction of sp³-hybridized carbons (Fsp3) is 0.176. The zero-order valence-electron chi connectivity index (χ0n) is 11.9. The Hall–Kier alpha value is -2.46. The normalized spacial score (nSPS) is 10.2. The topological polar surface area (TPSA) is 72.2 Å². The van der Waals surface area contributed by atoms with Crippen molar-refractivity contribution in [2.45, 2.75) is 19.9 Å². The summed E-state index contributed by atoms with van der Waals surface area (Å²) in [5, 5.41) is 2.82. The van der Waals surface area contributed by atoms with E-state index in [0.29, 0.717) is 17.8 Å². The largest absolute Gasteiger partial charge is 0.326 e. The van der Waals surface area contributed by atoms with Gasteiger partial charge in [0.2, 0.25) is 5.91 Å². The molecule has 0 radical (unpaired) electrons. The van der Waals surface area contributed by atoms with Gasteiger partial charge in [-0.1, -0.05) is 24.3 Å². The number of amides is 1. The van der Waals surface area contributed by atoms with E-state index in [1.54, 1.807) is 24.3 Å². The van der Waals surface area contributed by atoms with Crippen molar-refractivity contribution in [1.82, 2.24) is 0 Å². The summed E-state index contributed by atoms with van der Waals surface area (Å²) in [6.45, 7) is 1.92. The lowest BCUT2D eigenvalue weighted by atomic mass is 10.0. The molecular formula is C17H18N2O2. The van der Waals surface area contributed by atoms with Crippen molar-refractivity contribution in [3.05, 3.63) is 65.2 Å². The lowest BCUT2D eigenvalue weighted by Gasteiger charge is -2.09. The van der Waals surface area contributed by atoms with Crippen LogP contribution in [0.4, 0.5) is 5.69 Å². The number of Topliss-reactive ketones (excluding diaryl/α,β-unsaturated/α-hetero) is 1. The Labute approximate surface area is 124 Å². The van der Waals surface area contributed by atoms with E-state index in [9.17, 15) is 9.59 Å². The van der Waals surface area contributed by atoms with Gasteiger partial charge in [-0.2, -0.15) is 0 Å². The van der Waals surface area contributed by atoms with Gasteiger partial charge in [0.05, 0.1) is 6.42 Å². The third kappa shape index (κ3) is 4.00.